The van der Waals surface area contributed by atoms with Crippen molar-refractivity contribution < 1.29 is 4.39 Å². The van der Waals surface area contributed by atoms with Crippen molar-refractivity contribution >= 4 is 0 Å². The molecule has 1 aliphatic rings. The Morgan fingerprint density at radius 3 is 2.48 bits per heavy atom. The van der Waals surface area contributed by atoms with Crippen LogP contribution in [0.5, 0.6) is 0 Å². The van der Waals surface area contributed by atoms with Gasteiger partial charge in [0.05, 0.1) is 0 Å². The molecule has 3 heteroatoms. The third kappa shape index (κ3) is 4.52. The first-order chi connectivity index (χ1) is 10.1. The lowest BCUT2D eigenvalue weighted by Crippen LogP contribution is -2.47. The number of nitrogens with zero attached hydrogens (tertiary/aromatic N) is 1. The lowest BCUT2D eigenvalue weighted by atomic mass is 9.98. The van der Waals surface area contributed by atoms with Crippen molar-refractivity contribution in [2.45, 2.75) is 64.6 Å². The van der Waals surface area contributed by atoms with Crippen LogP contribution in [0.2, 0.25) is 0 Å². The van der Waals surface area contributed by atoms with Crippen molar-refractivity contribution in [2.24, 2.45) is 0 Å². The topological polar surface area (TPSA) is 15.3 Å². The van der Waals surface area contributed by atoms with Crippen LogP contribution in [0, 0.1) is 5.82 Å². The van der Waals surface area contributed by atoms with E-state index >= 15 is 0 Å². The van der Waals surface area contributed by atoms with Crippen molar-refractivity contribution in [1.29, 1.82) is 0 Å². The molecular weight excluding hydrogens is 263 g/mol. The molecule has 1 aromatic carbocycles. The van der Waals surface area contributed by atoms with Gasteiger partial charge in [0.1, 0.15) is 5.82 Å². The molecule has 0 aromatic heterocycles. The Balaban J connectivity index is 2.11. The van der Waals surface area contributed by atoms with Gasteiger partial charge in [0.25, 0.3) is 0 Å². The highest BCUT2D eigenvalue weighted by molar-refractivity contribution is 5.20. The summed E-state index contributed by atoms with van der Waals surface area (Å²) >= 11 is 0. The van der Waals surface area contributed by atoms with Crippen LogP contribution in [-0.4, -0.2) is 30.1 Å². The Hall–Kier alpha value is -0.930. The zero-order chi connectivity index (χ0) is 15.2. The molecule has 1 N–H and O–H groups in total. The first-order valence-corrected chi connectivity index (χ1v) is 8.36. The van der Waals surface area contributed by atoms with Gasteiger partial charge in [-0.25, -0.2) is 4.39 Å². The number of hydrogen-bond acceptors (Lipinski definition) is 2. The van der Waals surface area contributed by atoms with E-state index < -0.39 is 0 Å². The zero-order valence-electron chi connectivity index (χ0n) is 13.6. The molecule has 1 aliphatic heterocycles. The number of nitrogens with one attached hydrogen (secondary N) is 1. The molecule has 1 aromatic rings. The second kappa shape index (κ2) is 7.90. The van der Waals surface area contributed by atoms with Crippen molar-refractivity contribution in [3.63, 3.8) is 0 Å². The number of benzene rings is 1. The van der Waals surface area contributed by atoms with Crippen LogP contribution in [0.15, 0.2) is 24.3 Å². The average Bonchev–Trinajstić information content (AvgIpc) is 2.49. The van der Waals surface area contributed by atoms with Gasteiger partial charge in [-0.1, -0.05) is 25.5 Å². The maximum Gasteiger partial charge on any atom is 0.123 e. The standard InChI is InChI=1S/C18H29FN2/c1-4-18(15-8-10-16(19)11-9-15)21(14(2)3)13-17-7-5-6-12-20-17/h8-11,14,17-18,20H,4-7,12-13H2,1-3H3. The monoisotopic (exact) mass is 292 g/mol. The molecule has 118 valence electrons. The third-order valence-electron chi connectivity index (χ3n) is 4.55. The summed E-state index contributed by atoms with van der Waals surface area (Å²) in [6.07, 6.45) is 4.95. The third-order valence-corrected chi connectivity index (χ3v) is 4.55. The lowest BCUT2D eigenvalue weighted by Gasteiger charge is -2.38. The minimum atomic E-state index is -0.154. The van der Waals surface area contributed by atoms with Crippen molar-refractivity contribution in [1.82, 2.24) is 10.2 Å². The number of halogens is 1. The van der Waals surface area contributed by atoms with Gasteiger partial charge in [0, 0.05) is 24.7 Å². The summed E-state index contributed by atoms with van der Waals surface area (Å²) in [6.45, 7) is 8.96. The molecule has 0 saturated carbocycles. The SMILES string of the molecule is CCC(c1ccc(F)cc1)N(CC1CCCCN1)C(C)C. The van der Waals surface area contributed by atoms with Gasteiger partial charge in [-0.05, 0) is 57.4 Å². The molecule has 0 aliphatic carbocycles. The first-order valence-electron chi connectivity index (χ1n) is 8.36. The molecular formula is C18H29FN2. The van der Waals surface area contributed by atoms with Crippen LogP contribution in [0.25, 0.3) is 0 Å². The summed E-state index contributed by atoms with van der Waals surface area (Å²) in [5, 5.41) is 3.64. The molecule has 0 radical (unpaired) electrons. The van der Waals surface area contributed by atoms with Crippen molar-refractivity contribution in [2.75, 3.05) is 13.1 Å². The van der Waals surface area contributed by atoms with E-state index in [4.69, 9.17) is 0 Å². The van der Waals surface area contributed by atoms with Gasteiger partial charge in [-0.15, -0.1) is 0 Å². The van der Waals surface area contributed by atoms with E-state index in [0.717, 1.165) is 19.5 Å². The molecule has 0 spiro atoms. The smallest absolute Gasteiger partial charge is 0.123 e. The summed E-state index contributed by atoms with van der Waals surface area (Å²) in [6, 6.07) is 8.49. The number of rotatable bonds is 6. The maximum atomic E-state index is 13.2. The van der Waals surface area contributed by atoms with E-state index in [2.05, 4.69) is 31.0 Å². The average molecular weight is 292 g/mol. The summed E-state index contributed by atoms with van der Waals surface area (Å²) in [5.41, 5.74) is 1.23. The van der Waals surface area contributed by atoms with Crippen LogP contribution >= 0.6 is 0 Å². The van der Waals surface area contributed by atoms with Crippen LogP contribution in [0.4, 0.5) is 4.39 Å². The molecule has 1 fully saturated rings. The predicted octanol–water partition coefficient (Wildman–Crippen LogP) is 4.13. The van der Waals surface area contributed by atoms with Gasteiger partial charge < -0.3 is 5.32 Å². The largest absolute Gasteiger partial charge is 0.313 e. The fraction of sp³-hybridized carbons (Fsp3) is 0.667. The Labute approximate surface area is 128 Å². The lowest BCUT2D eigenvalue weighted by molar-refractivity contribution is 0.124. The predicted molar refractivity (Wildman–Crippen MR) is 86.9 cm³/mol. The first kappa shape index (κ1) is 16.4. The van der Waals surface area contributed by atoms with Gasteiger partial charge in [0.15, 0.2) is 0 Å². The maximum absolute atomic E-state index is 13.2. The second-order valence-electron chi connectivity index (χ2n) is 6.41. The minimum Gasteiger partial charge on any atom is -0.313 e. The highest BCUT2D eigenvalue weighted by Gasteiger charge is 2.25. The molecule has 0 bridgehead atoms. The van der Waals surface area contributed by atoms with Crippen LogP contribution in [0.3, 0.4) is 0 Å². The fourth-order valence-corrected chi connectivity index (χ4v) is 3.38. The highest BCUT2D eigenvalue weighted by atomic mass is 19.1. The second-order valence-corrected chi connectivity index (χ2v) is 6.41. The quantitative estimate of drug-likeness (QED) is 0.848. The van der Waals surface area contributed by atoms with Gasteiger partial charge in [-0.2, -0.15) is 0 Å². The zero-order valence-corrected chi connectivity index (χ0v) is 13.6. The number of hydrogen-bond donors (Lipinski definition) is 1. The van der Waals surface area contributed by atoms with E-state index in [1.54, 1.807) is 12.1 Å². The summed E-state index contributed by atoms with van der Waals surface area (Å²) in [7, 11) is 0. The van der Waals surface area contributed by atoms with Crippen molar-refractivity contribution in [3.8, 4) is 0 Å². The Kier molecular flexibility index (Phi) is 6.19. The molecule has 2 nitrogen and oxygen atoms in total. The van der Waals surface area contributed by atoms with E-state index in [1.807, 2.05) is 12.1 Å². The molecule has 1 heterocycles. The van der Waals surface area contributed by atoms with E-state index in [1.165, 1.54) is 24.8 Å². The van der Waals surface area contributed by atoms with Crippen LogP contribution < -0.4 is 5.32 Å². The van der Waals surface area contributed by atoms with Crippen molar-refractivity contribution in [3.05, 3.63) is 35.6 Å². The molecule has 21 heavy (non-hydrogen) atoms. The molecule has 2 atom stereocenters. The summed E-state index contributed by atoms with van der Waals surface area (Å²) in [4.78, 5) is 2.57. The van der Waals surface area contributed by atoms with Crippen LogP contribution in [0.1, 0.15) is 58.1 Å². The molecule has 0 amide bonds. The van der Waals surface area contributed by atoms with E-state index in [-0.39, 0.29) is 5.82 Å². The normalized spacial score (nSPS) is 21.0. The summed E-state index contributed by atoms with van der Waals surface area (Å²) in [5.74, 6) is -0.154. The Bertz CT molecular complexity index is 410. The van der Waals surface area contributed by atoms with Gasteiger partial charge >= 0.3 is 0 Å². The molecule has 1 saturated heterocycles. The van der Waals surface area contributed by atoms with Crippen LogP contribution in [-0.2, 0) is 0 Å². The highest BCUT2D eigenvalue weighted by Crippen LogP contribution is 2.27. The summed E-state index contributed by atoms with van der Waals surface area (Å²) < 4.78 is 13.2. The minimum absolute atomic E-state index is 0.154. The molecule has 2 rings (SSSR count). The van der Waals surface area contributed by atoms with Gasteiger partial charge in [-0.3, -0.25) is 4.90 Å². The molecule has 2 unspecified atom stereocenters. The Morgan fingerprint density at radius 1 is 1.24 bits per heavy atom. The Morgan fingerprint density at radius 2 is 1.95 bits per heavy atom. The fourth-order valence-electron chi connectivity index (χ4n) is 3.38. The van der Waals surface area contributed by atoms with E-state index in [9.17, 15) is 4.39 Å². The van der Waals surface area contributed by atoms with E-state index in [0.29, 0.717) is 18.1 Å². The number of piperidine rings is 1. The van der Waals surface area contributed by atoms with Gasteiger partial charge in [0.2, 0.25) is 0 Å².